The van der Waals surface area contributed by atoms with Crippen LogP contribution in [0.25, 0.3) is 0 Å². The van der Waals surface area contributed by atoms with E-state index >= 15 is 0 Å². The molecule has 3 heteroatoms. The van der Waals surface area contributed by atoms with Crippen molar-refractivity contribution in [3.63, 3.8) is 0 Å². The van der Waals surface area contributed by atoms with E-state index in [0.717, 1.165) is 30.7 Å². The normalized spacial score (nSPS) is 28.7. The molecule has 2 aromatic rings. The van der Waals surface area contributed by atoms with Gasteiger partial charge in [-0.05, 0) is 50.3 Å². The third-order valence-corrected chi connectivity index (χ3v) is 6.22. The lowest BCUT2D eigenvalue weighted by atomic mass is 9.72. The number of hydrogen-bond donors (Lipinski definition) is 1. The Balaban J connectivity index is 1.62. The number of methoxy groups -OCH3 is 1. The first-order valence-corrected chi connectivity index (χ1v) is 9.76. The summed E-state index contributed by atoms with van der Waals surface area (Å²) in [6, 6.07) is 17.7. The Morgan fingerprint density at radius 2 is 1.77 bits per heavy atom. The van der Waals surface area contributed by atoms with E-state index < -0.39 is 5.60 Å². The third-order valence-electron chi connectivity index (χ3n) is 6.22. The Hall–Kier alpha value is -1.84. The molecular formula is C23H29NO2. The van der Waals surface area contributed by atoms with Gasteiger partial charge in [0.15, 0.2) is 0 Å². The molecule has 2 aromatic carbocycles. The van der Waals surface area contributed by atoms with Crippen molar-refractivity contribution in [2.24, 2.45) is 0 Å². The average molecular weight is 351 g/mol. The van der Waals surface area contributed by atoms with Crippen molar-refractivity contribution >= 4 is 0 Å². The molecule has 3 nitrogen and oxygen atoms in total. The molecule has 4 rings (SSSR count). The predicted molar refractivity (Wildman–Crippen MR) is 104 cm³/mol. The molecule has 0 spiro atoms. The maximum Gasteiger partial charge on any atom is 0.124 e. The van der Waals surface area contributed by atoms with Gasteiger partial charge < -0.3 is 9.84 Å². The monoisotopic (exact) mass is 351 g/mol. The third kappa shape index (κ3) is 3.26. The van der Waals surface area contributed by atoms with Gasteiger partial charge in [-0.2, -0.15) is 0 Å². The lowest BCUT2D eigenvalue weighted by molar-refractivity contribution is -0.101. The number of fused-ring (bicyclic) bond motifs is 2. The molecule has 26 heavy (non-hydrogen) atoms. The highest BCUT2D eigenvalue weighted by Crippen LogP contribution is 2.47. The summed E-state index contributed by atoms with van der Waals surface area (Å²) in [5.41, 5.74) is 2.71. The second-order valence-electron chi connectivity index (χ2n) is 8.04. The highest BCUT2D eigenvalue weighted by Gasteiger charge is 2.47. The summed E-state index contributed by atoms with van der Waals surface area (Å²) < 4.78 is 5.59. The molecule has 0 aromatic heterocycles. The van der Waals surface area contributed by atoms with Crippen LogP contribution in [0.3, 0.4) is 0 Å². The molecule has 0 amide bonds. The van der Waals surface area contributed by atoms with Gasteiger partial charge in [-0.3, -0.25) is 4.90 Å². The lowest BCUT2D eigenvalue weighted by Gasteiger charge is -2.52. The topological polar surface area (TPSA) is 32.7 Å². The van der Waals surface area contributed by atoms with Gasteiger partial charge in [-0.1, -0.05) is 48.4 Å². The number of benzene rings is 2. The zero-order chi connectivity index (χ0) is 18.1. The van der Waals surface area contributed by atoms with Gasteiger partial charge >= 0.3 is 0 Å². The molecule has 2 aliphatic heterocycles. The molecule has 2 unspecified atom stereocenters. The first kappa shape index (κ1) is 17.6. The van der Waals surface area contributed by atoms with Crippen molar-refractivity contribution in [1.82, 2.24) is 4.90 Å². The molecule has 138 valence electrons. The van der Waals surface area contributed by atoms with E-state index in [1.807, 2.05) is 6.07 Å². The van der Waals surface area contributed by atoms with E-state index in [2.05, 4.69) is 54.3 Å². The molecule has 2 heterocycles. The molecular weight excluding hydrogens is 322 g/mol. The summed E-state index contributed by atoms with van der Waals surface area (Å²) in [5.74, 6) is 0.813. The Labute approximate surface area is 156 Å². The van der Waals surface area contributed by atoms with Crippen LogP contribution in [0.15, 0.2) is 48.5 Å². The first-order valence-electron chi connectivity index (χ1n) is 9.76. The summed E-state index contributed by atoms with van der Waals surface area (Å²) in [5, 5.41) is 11.7. The SMILES string of the molecule is COc1ccc(C)cc1C1(O)CC2CCCC(C1)N2Cc1ccccc1. The van der Waals surface area contributed by atoms with Gasteiger partial charge in [0.25, 0.3) is 0 Å². The summed E-state index contributed by atoms with van der Waals surface area (Å²) in [7, 11) is 1.70. The van der Waals surface area contributed by atoms with Gasteiger partial charge in [-0.15, -0.1) is 0 Å². The van der Waals surface area contributed by atoms with Gasteiger partial charge in [0.1, 0.15) is 5.75 Å². The van der Waals surface area contributed by atoms with Crippen LogP contribution >= 0.6 is 0 Å². The fourth-order valence-corrected chi connectivity index (χ4v) is 4.98. The molecule has 1 N–H and O–H groups in total. The van der Waals surface area contributed by atoms with Gasteiger partial charge in [0.05, 0.1) is 12.7 Å². The van der Waals surface area contributed by atoms with E-state index in [1.165, 1.54) is 30.4 Å². The smallest absolute Gasteiger partial charge is 0.124 e. The predicted octanol–water partition coefficient (Wildman–Crippen LogP) is 4.41. The minimum atomic E-state index is -0.791. The second-order valence-corrected chi connectivity index (χ2v) is 8.04. The molecule has 0 aliphatic carbocycles. The molecule has 2 aliphatic rings. The van der Waals surface area contributed by atoms with Crippen molar-refractivity contribution in [3.8, 4) is 5.75 Å². The second kappa shape index (κ2) is 7.05. The average Bonchev–Trinajstić information content (AvgIpc) is 2.63. The fourth-order valence-electron chi connectivity index (χ4n) is 4.98. The lowest BCUT2D eigenvalue weighted by Crippen LogP contribution is -2.56. The van der Waals surface area contributed by atoms with Gasteiger partial charge in [-0.25, -0.2) is 0 Å². The van der Waals surface area contributed by atoms with Crippen molar-refractivity contribution in [2.45, 2.75) is 63.3 Å². The molecule has 2 atom stereocenters. The minimum Gasteiger partial charge on any atom is -0.496 e. The van der Waals surface area contributed by atoms with Gasteiger partial charge in [0.2, 0.25) is 0 Å². The Bertz CT molecular complexity index is 744. The van der Waals surface area contributed by atoms with Crippen LogP contribution in [0.4, 0.5) is 0 Å². The number of aryl methyl sites for hydroxylation is 1. The maximum atomic E-state index is 11.7. The van der Waals surface area contributed by atoms with E-state index in [9.17, 15) is 5.11 Å². The van der Waals surface area contributed by atoms with Crippen LogP contribution in [0.1, 0.15) is 48.8 Å². The summed E-state index contributed by atoms with van der Waals surface area (Å²) in [6.45, 7) is 3.06. The number of nitrogens with zero attached hydrogens (tertiary/aromatic N) is 1. The summed E-state index contributed by atoms with van der Waals surface area (Å²) in [4.78, 5) is 2.63. The minimum absolute atomic E-state index is 0.429. The van der Waals surface area contributed by atoms with E-state index in [1.54, 1.807) is 7.11 Å². The number of hydrogen-bond acceptors (Lipinski definition) is 3. The highest BCUT2D eigenvalue weighted by molar-refractivity contribution is 5.41. The van der Waals surface area contributed by atoms with E-state index in [4.69, 9.17) is 4.74 Å². The number of aliphatic hydroxyl groups is 1. The molecule has 2 bridgehead atoms. The molecule has 2 fully saturated rings. The van der Waals surface area contributed by atoms with Crippen molar-refractivity contribution in [2.75, 3.05) is 7.11 Å². The molecule has 2 saturated heterocycles. The summed E-state index contributed by atoms with van der Waals surface area (Å²) in [6.07, 6.45) is 5.17. The van der Waals surface area contributed by atoms with Crippen LogP contribution < -0.4 is 4.74 Å². The van der Waals surface area contributed by atoms with Crippen LogP contribution in [0.5, 0.6) is 5.75 Å². The van der Waals surface area contributed by atoms with Crippen LogP contribution in [-0.4, -0.2) is 29.2 Å². The van der Waals surface area contributed by atoms with Crippen molar-refractivity contribution in [1.29, 1.82) is 0 Å². The largest absolute Gasteiger partial charge is 0.496 e. The fraction of sp³-hybridized carbons (Fsp3) is 0.478. The first-order chi connectivity index (χ1) is 12.6. The van der Waals surface area contributed by atoms with E-state index in [0.29, 0.717) is 12.1 Å². The van der Waals surface area contributed by atoms with E-state index in [-0.39, 0.29) is 0 Å². The maximum absolute atomic E-state index is 11.7. The van der Waals surface area contributed by atoms with Crippen molar-refractivity contribution < 1.29 is 9.84 Å². The highest BCUT2D eigenvalue weighted by atomic mass is 16.5. The Morgan fingerprint density at radius 3 is 2.42 bits per heavy atom. The Kier molecular flexibility index (Phi) is 4.76. The molecule has 0 radical (unpaired) electrons. The van der Waals surface area contributed by atoms with Crippen LogP contribution in [0, 0.1) is 6.92 Å². The summed E-state index contributed by atoms with van der Waals surface area (Å²) >= 11 is 0. The number of piperidine rings is 2. The van der Waals surface area contributed by atoms with Crippen LogP contribution in [0.2, 0.25) is 0 Å². The number of ether oxygens (including phenoxy) is 1. The number of rotatable bonds is 4. The van der Waals surface area contributed by atoms with Crippen LogP contribution in [-0.2, 0) is 12.1 Å². The van der Waals surface area contributed by atoms with Crippen molar-refractivity contribution in [3.05, 3.63) is 65.2 Å². The quantitative estimate of drug-likeness (QED) is 0.886. The standard InChI is InChI=1S/C23H29NO2/c1-17-11-12-22(26-2)21(13-17)23(25)14-19-9-6-10-20(15-23)24(19)16-18-7-4-3-5-8-18/h3-5,7-8,11-13,19-20,25H,6,9-10,14-16H2,1-2H3. The zero-order valence-corrected chi connectivity index (χ0v) is 15.8. The zero-order valence-electron chi connectivity index (χ0n) is 15.8. The Morgan fingerprint density at radius 1 is 1.08 bits per heavy atom. The van der Waals surface area contributed by atoms with Gasteiger partial charge in [0, 0.05) is 24.2 Å². The molecule has 0 saturated carbocycles.